The van der Waals surface area contributed by atoms with Gasteiger partial charge in [0.2, 0.25) is 0 Å². The minimum absolute atomic E-state index is 0.261. The molecular weight excluding hydrogens is 260 g/mol. The molecule has 1 heterocycles. The Kier molecular flexibility index (Phi) is 5.80. The Morgan fingerprint density at radius 1 is 1.35 bits per heavy atom. The third kappa shape index (κ3) is 5.77. The Hall–Kier alpha value is -1.30. The van der Waals surface area contributed by atoms with Crippen LogP contribution in [0, 0.1) is 5.92 Å². The van der Waals surface area contributed by atoms with Crippen LogP contribution in [0.2, 0.25) is 0 Å². The third-order valence-corrected chi connectivity index (χ3v) is 3.35. The summed E-state index contributed by atoms with van der Waals surface area (Å²) in [6.45, 7) is 9.22. The van der Waals surface area contributed by atoms with Crippen molar-refractivity contribution in [1.82, 2.24) is 10.2 Å². The van der Waals surface area contributed by atoms with Crippen molar-refractivity contribution in [1.29, 1.82) is 0 Å². The van der Waals surface area contributed by atoms with Crippen molar-refractivity contribution in [3.8, 4) is 0 Å². The highest BCUT2D eigenvalue weighted by molar-refractivity contribution is 5.72. The van der Waals surface area contributed by atoms with E-state index in [0.717, 1.165) is 12.8 Å². The number of carbonyl (C=O) groups is 2. The lowest BCUT2D eigenvalue weighted by molar-refractivity contribution is -0.139. The van der Waals surface area contributed by atoms with E-state index in [0.29, 0.717) is 25.6 Å². The van der Waals surface area contributed by atoms with Crippen LogP contribution in [0.5, 0.6) is 0 Å². The third-order valence-electron chi connectivity index (χ3n) is 3.35. The van der Waals surface area contributed by atoms with Gasteiger partial charge in [-0.2, -0.15) is 0 Å². The number of nitrogens with one attached hydrogen (secondary N) is 1. The number of hydrogen-bond acceptors (Lipinski definition) is 4. The van der Waals surface area contributed by atoms with Crippen LogP contribution in [0.25, 0.3) is 0 Å². The topological polar surface area (TPSA) is 78.9 Å². The Bertz CT molecular complexity index is 344. The Morgan fingerprint density at radius 3 is 2.35 bits per heavy atom. The summed E-state index contributed by atoms with van der Waals surface area (Å²) in [5, 5.41) is 11.8. The molecule has 0 aromatic heterocycles. The SMILES string of the molecule is CC(NCC1CCN(C(=O)OC(C)(C)C)CC1)C(=O)O. The summed E-state index contributed by atoms with van der Waals surface area (Å²) in [5.74, 6) is -0.424. The zero-order valence-electron chi connectivity index (χ0n) is 12.8. The molecule has 20 heavy (non-hydrogen) atoms. The zero-order valence-corrected chi connectivity index (χ0v) is 12.8. The molecule has 1 rings (SSSR count). The van der Waals surface area contributed by atoms with Crippen molar-refractivity contribution in [3.05, 3.63) is 0 Å². The van der Waals surface area contributed by atoms with E-state index in [1.54, 1.807) is 11.8 Å². The largest absolute Gasteiger partial charge is 0.480 e. The number of likely N-dealkylation sites (tertiary alicyclic amines) is 1. The number of nitrogens with zero attached hydrogens (tertiary/aromatic N) is 1. The van der Waals surface area contributed by atoms with Gasteiger partial charge in [-0.05, 0) is 53.0 Å². The summed E-state index contributed by atoms with van der Waals surface area (Å²) in [5.41, 5.74) is -0.466. The fourth-order valence-corrected chi connectivity index (χ4v) is 2.08. The number of carboxylic acids is 1. The van der Waals surface area contributed by atoms with Gasteiger partial charge < -0.3 is 20.1 Å². The second-order valence-corrected chi connectivity index (χ2v) is 6.38. The fraction of sp³-hybridized carbons (Fsp3) is 0.857. The molecule has 1 saturated heterocycles. The molecule has 1 atom stereocenters. The summed E-state index contributed by atoms with van der Waals surface area (Å²) in [6, 6.07) is -0.529. The van der Waals surface area contributed by atoms with Crippen molar-refractivity contribution in [2.24, 2.45) is 5.92 Å². The molecule has 2 N–H and O–H groups in total. The summed E-state index contributed by atoms with van der Waals surface area (Å²) in [6.07, 6.45) is 1.49. The normalized spacial score (nSPS) is 18.7. The quantitative estimate of drug-likeness (QED) is 0.822. The number of carboxylic acid groups (broad SMARTS) is 1. The van der Waals surface area contributed by atoms with E-state index in [1.165, 1.54) is 0 Å². The van der Waals surface area contributed by atoms with Crippen molar-refractivity contribution < 1.29 is 19.4 Å². The van der Waals surface area contributed by atoms with E-state index >= 15 is 0 Å². The number of ether oxygens (including phenoxy) is 1. The van der Waals surface area contributed by atoms with Crippen molar-refractivity contribution in [2.75, 3.05) is 19.6 Å². The molecule has 1 unspecified atom stereocenters. The molecule has 0 bridgehead atoms. The van der Waals surface area contributed by atoms with Crippen LogP contribution in [-0.2, 0) is 9.53 Å². The number of carbonyl (C=O) groups excluding carboxylic acids is 1. The van der Waals surface area contributed by atoms with Crippen molar-refractivity contribution >= 4 is 12.1 Å². The second-order valence-electron chi connectivity index (χ2n) is 6.38. The van der Waals surface area contributed by atoms with Crippen LogP contribution in [0.4, 0.5) is 4.79 Å². The van der Waals surface area contributed by atoms with Gasteiger partial charge in [-0.1, -0.05) is 0 Å². The Labute approximate surface area is 120 Å². The van der Waals surface area contributed by atoms with Gasteiger partial charge in [-0.15, -0.1) is 0 Å². The first-order valence-electron chi connectivity index (χ1n) is 7.13. The van der Waals surface area contributed by atoms with Gasteiger partial charge >= 0.3 is 12.1 Å². The second kappa shape index (κ2) is 6.92. The molecule has 1 aliphatic rings. The highest BCUT2D eigenvalue weighted by Gasteiger charge is 2.27. The minimum Gasteiger partial charge on any atom is -0.480 e. The van der Waals surface area contributed by atoms with Crippen LogP contribution in [0.15, 0.2) is 0 Å². The molecule has 6 heteroatoms. The van der Waals surface area contributed by atoms with E-state index in [4.69, 9.17) is 9.84 Å². The minimum atomic E-state index is -0.837. The van der Waals surface area contributed by atoms with E-state index < -0.39 is 17.6 Å². The molecule has 6 nitrogen and oxygen atoms in total. The lowest BCUT2D eigenvalue weighted by Gasteiger charge is -2.33. The van der Waals surface area contributed by atoms with E-state index in [9.17, 15) is 9.59 Å². The number of rotatable bonds is 4. The van der Waals surface area contributed by atoms with E-state index in [2.05, 4.69) is 5.32 Å². The number of aliphatic carboxylic acids is 1. The molecule has 0 spiro atoms. The maximum Gasteiger partial charge on any atom is 0.410 e. The summed E-state index contributed by atoms with van der Waals surface area (Å²) < 4.78 is 5.34. The molecule has 0 aliphatic carbocycles. The van der Waals surface area contributed by atoms with Crippen LogP contribution in [-0.4, -0.2) is 53.3 Å². The Morgan fingerprint density at radius 2 is 1.90 bits per heavy atom. The summed E-state index contributed by atoms with van der Waals surface area (Å²) in [4.78, 5) is 24.3. The molecule has 0 aromatic rings. The lowest BCUT2D eigenvalue weighted by atomic mass is 9.97. The van der Waals surface area contributed by atoms with Gasteiger partial charge in [0.15, 0.2) is 0 Å². The maximum atomic E-state index is 11.9. The number of piperidine rings is 1. The molecule has 1 fully saturated rings. The van der Waals surface area contributed by atoms with E-state index in [-0.39, 0.29) is 6.09 Å². The maximum absolute atomic E-state index is 11.9. The fourth-order valence-electron chi connectivity index (χ4n) is 2.08. The predicted molar refractivity (Wildman–Crippen MR) is 75.6 cm³/mol. The lowest BCUT2D eigenvalue weighted by Crippen LogP contribution is -2.44. The van der Waals surface area contributed by atoms with Gasteiger partial charge in [0.05, 0.1) is 0 Å². The van der Waals surface area contributed by atoms with Gasteiger partial charge in [0.1, 0.15) is 11.6 Å². The molecule has 0 saturated carbocycles. The molecule has 1 aliphatic heterocycles. The highest BCUT2D eigenvalue weighted by atomic mass is 16.6. The zero-order chi connectivity index (χ0) is 15.3. The van der Waals surface area contributed by atoms with Crippen LogP contribution in [0.1, 0.15) is 40.5 Å². The van der Waals surface area contributed by atoms with Crippen LogP contribution in [0.3, 0.4) is 0 Å². The highest BCUT2D eigenvalue weighted by Crippen LogP contribution is 2.19. The molecule has 116 valence electrons. The van der Waals surface area contributed by atoms with Gasteiger partial charge in [-0.3, -0.25) is 4.79 Å². The van der Waals surface area contributed by atoms with Gasteiger partial charge in [0, 0.05) is 13.1 Å². The first-order chi connectivity index (χ1) is 9.19. The van der Waals surface area contributed by atoms with Gasteiger partial charge in [-0.25, -0.2) is 4.79 Å². The number of amides is 1. The smallest absolute Gasteiger partial charge is 0.410 e. The first-order valence-corrected chi connectivity index (χ1v) is 7.13. The Balaban J connectivity index is 2.29. The standard InChI is InChI=1S/C14H26N2O4/c1-10(12(17)18)15-9-11-5-7-16(8-6-11)13(19)20-14(2,3)4/h10-11,15H,5-9H2,1-4H3,(H,17,18). The molecule has 1 amide bonds. The first kappa shape index (κ1) is 16.8. The molecular formula is C14H26N2O4. The number of hydrogen-bond donors (Lipinski definition) is 2. The molecule has 0 radical (unpaired) electrons. The van der Waals surface area contributed by atoms with Crippen LogP contribution < -0.4 is 5.32 Å². The van der Waals surface area contributed by atoms with E-state index in [1.807, 2.05) is 20.8 Å². The van der Waals surface area contributed by atoms with Crippen LogP contribution >= 0.6 is 0 Å². The van der Waals surface area contributed by atoms with Crippen molar-refractivity contribution in [2.45, 2.75) is 52.2 Å². The summed E-state index contributed by atoms with van der Waals surface area (Å²) in [7, 11) is 0. The summed E-state index contributed by atoms with van der Waals surface area (Å²) >= 11 is 0. The monoisotopic (exact) mass is 286 g/mol. The van der Waals surface area contributed by atoms with Crippen molar-refractivity contribution in [3.63, 3.8) is 0 Å². The average molecular weight is 286 g/mol. The predicted octanol–water partition coefficient (Wildman–Crippen LogP) is 1.70. The van der Waals surface area contributed by atoms with Gasteiger partial charge in [0.25, 0.3) is 0 Å². The molecule has 0 aromatic carbocycles. The average Bonchev–Trinajstić information content (AvgIpc) is 2.34.